The van der Waals surface area contributed by atoms with Gasteiger partial charge in [0.1, 0.15) is 29.8 Å². The highest BCUT2D eigenvalue weighted by Crippen LogP contribution is 2.18. The van der Waals surface area contributed by atoms with Gasteiger partial charge in [-0.15, -0.1) is 0 Å². The monoisotopic (exact) mass is 282 g/mol. The number of benzene rings is 2. The third-order valence-electron chi connectivity index (χ3n) is 2.53. The van der Waals surface area contributed by atoms with Crippen LogP contribution in [0.25, 0.3) is 0 Å². The molecule has 0 aliphatic rings. The summed E-state index contributed by atoms with van der Waals surface area (Å²) < 4.78 is 44.5. The van der Waals surface area contributed by atoms with E-state index in [-0.39, 0.29) is 23.5 Å². The third-order valence-corrected chi connectivity index (χ3v) is 2.53. The molecular formula is C14H9F3O3. The van der Waals surface area contributed by atoms with Gasteiger partial charge in [-0.2, -0.15) is 0 Å². The van der Waals surface area contributed by atoms with Crippen LogP contribution in [0, 0.1) is 17.5 Å². The predicted molar refractivity (Wildman–Crippen MR) is 64.0 cm³/mol. The van der Waals surface area contributed by atoms with Gasteiger partial charge in [0.2, 0.25) is 0 Å². The number of ether oxygens (including phenoxy) is 1. The molecule has 20 heavy (non-hydrogen) atoms. The maximum Gasteiger partial charge on any atom is 0.335 e. The molecule has 2 aromatic carbocycles. The van der Waals surface area contributed by atoms with Crippen molar-refractivity contribution in [2.45, 2.75) is 6.61 Å². The third kappa shape index (κ3) is 3.28. The highest BCUT2D eigenvalue weighted by atomic mass is 19.1. The summed E-state index contributed by atoms with van der Waals surface area (Å²) >= 11 is 0. The zero-order chi connectivity index (χ0) is 14.7. The second-order valence-corrected chi connectivity index (χ2v) is 4.01. The number of carbonyl (C=O) groups is 1. The second-order valence-electron chi connectivity index (χ2n) is 4.01. The first-order valence-corrected chi connectivity index (χ1v) is 5.56. The van der Waals surface area contributed by atoms with Crippen molar-refractivity contribution in [3.63, 3.8) is 0 Å². The van der Waals surface area contributed by atoms with Gasteiger partial charge in [0, 0.05) is 23.8 Å². The molecule has 2 aromatic rings. The minimum absolute atomic E-state index is 0.0794. The molecule has 6 heteroatoms. The summed E-state index contributed by atoms with van der Waals surface area (Å²) in [5.74, 6) is -3.70. The molecule has 0 aliphatic heterocycles. The Labute approximate surface area is 112 Å². The Morgan fingerprint density at radius 3 is 2.25 bits per heavy atom. The van der Waals surface area contributed by atoms with E-state index in [2.05, 4.69) is 0 Å². The van der Waals surface area contributed by atoms with Crippen molar-refractivity contribution >= 4 is 5.97 Å². The normalized spacial score (nSPS) is 10.3. The Balaban J connectivity index is 2.12. The van der Waals surface area contributed by atoms with E-state index in [1.807, 2.05) is 0 Å². The summed E-state index contributed by atoms with van der Waals surface area (Å²) in [5, 5.41) is 8.69. The molecule has 0 aromatic heterocycles. The van der Waals surface area contributed by atoms with Gasteiger partial charge in [-0.3, -0.25) is 0 Å². The first-order valence-electron chi connectivity index (χ1n) is 5.56. The summed E-state index contributed by atoms with van der Waals surface area (Å²) in [4.78, 5) is 10.6. The maximum absolute atomic E-state index is 13.6. The molecule has 0 radical (unpaired) electrons. The molecule has 0 spiro atoms. The standard InChI is InChI=1S/C14H9F3O3/c15-10-4-11(16)6-12(5-10)20-7-9-2-1-8(14(18)19)3-13(9)17/h1-6H,7H2,(H,18,19). The average Bonchev–Trinajstić information content (AvgIpc) is 2.36. The number of aromatic carboxylic acids is 1. The lowest BCUT2D eigenvalue weighted by Gasteiger charge is -2.08. The highest BCUT2D eigenvalue weighted by molar-refractivity contribution is 5.87. The van der Waals surface area contributed by atoms with E-state index >= 15 is 0 Å². The molecule has 0 fully saturated rings. The largest absolute Gasteiger partial charge is 0.489 e. The quantitative estimate of drug-likeness (QED) is 0.935. The SMILES string of the molecule is O=C(O)c1ccc(COc2cc(F)cc(F)c2)c(F)c1. The molecule has 1 N–H and O–H groups in total. The van der Waals surface area contributed by atoms with Crippen LogP contribution in [0.1, 0.15) is 15.9 Å². The molecule has 0 saturated carbocycles. The summed E-state index contributed by atoms with van der Waals surface area (Å²) in [5.41, 5.74) is -0.109. The fourth-order valence-corrected chi connectivity index (χ4v) is 1.57. The van der Waals surface area contributed by atoms with Crippen molar-refractivity contribution in [2.24, 2.45) is 0 Å². The van der Waals surface area contributed by atoms with E-state index < -0.39 is 23.4 Å². The van der Waals surface area contributed by atoms with Crippen molar-refractivity contribution in [3.05, 3.63) is 65.0 Å². The summed E-state index contributed by atoms with van der Waals surface area (Å²) in [6, 6.07) is 5.94. The van der Waals surface area contributed by atoms with Crippen LogP contribution >= 0.6 is 0 Å². The molecule has 0 saturated heterocycles. The van der Waals surface area contributed by atoms with E-state index in [4.69, 9.17) is 9.84 Å². The topological polar surface area (TPSA) is 46.5 Å². The van der Waals surface area contributed by atoms with Crippen molar-refractivity contribution < 1.29 is 27.8 Å². The van der Waals surface area contributed by atoms with Gasteiger partial charge in [0.05, 0.1) is 5.56 Å². The van der Waals surface area contributed by atoms with Crippen molar-refractivity contribution in [1.29, 1.82) is 0 Å². The van der Waals surface area contributed by atoms with Gasteiger partial charge in [-0.1, -0.05) is 6.07 Å². The van der Waals surface area contributed by atoms with E-state index in [9.17, 15) is 18.0 Å². The zero-order valence-electron chi connectivity index (χ0n) is 10.1. The second kappa shape index (κ2) is 5.64. The molecule has 104 valence electrons. The van der Waals surface area contributed by atoms with Crippen LogP contribution in [0.3, 0.4) is 0 Å². The van der Waals surface area contributed by atoms with Crippen molar-refractivity contribution in [3.8, 4) is 5.75 Å². The van der Waals surface area contributed by atoms with Gasteiger partial charge in [-0.05, 0) is 12.1 Å². The smallest absolute Gasteiger partial charge is 0.335 e. The number of carboxylic acids is 1. The first-order chi connectivity index (χ1) is 9.45. The molecule has 2 rings (SSSR count). The Morgan fingerprint density at radius 2 is 1.70 bits per heavy atom. The number of carboxylic acid groups (broad SMARTS) is 1. The van der Waals surface area contributed by atoms with E-state index in [1.54, 1.807) is 0 Å². The van der Waals surface area contributed by atoms with Crippen molar-refractivity contribution in [1.82, 2.24) is 0 Å². The molecule has 0 unspecified atom stereocenters. The predicted octanol–water partition coefficient (Wildman–Crippen LogP) is 3.38. The van der Waals surface area contributed by atoms with Crippen LogP contribution < -0.4 is 4.74 Å². The zero-order valence-corrected chi connectivity index (χ0v) is 10.1. The lowest BCUT2D eigenvalue weighted by atomic mass is 10.1. The van der Waals surface area contributed by atoms with Gasteiger partial charge < -0.3 is 9.84 Å². The molecular weight excluding hydrogens is 273 g/mol. The highest BCUT2D eigenvalue weighted by Gasteiger charge is 2.09. The summed E-state index contributed by atoms with van der Waals surface area (Å²) in [6.07, 6.45) is 0. The lowest BCUT2D eigenvalue weighted by molar-refractivity contribution is 0.0696. The van der Waals surface area contributed by atoms with Crippen LogP contribution in [-0.4, -0.2) is 11.1 Å². The maximum atomic E-state index is 13.6. The Bertz CT molecular complexity index is 636. The minimum atomic E-state index is -1.25. The molecule has 3 nitrogen and oxygen atoms in total. The lowest BCUT2D eigenvalue weighted by Crippen LogP contribution is -2.02. The number of hydrogen-bond donors (Lipinski definition) is 1. The van der Waals surface area contributed by atoms with E-state index in [0.717, 1.165) is 18.2 Å². The molecule has 0 atom stereocenters. The molecule has 0 aliphatic carbocycles. The van der Waals surface area contributed by atoms with Gasteiger partial charge >= 0.3 is 5.97 Å². The summed E-state index contributed by atoms with van der Waals surface area (Å²) in [6.45, 7) is -0.269. The molecule has 0 heterocycles. The van der Waals surface area contributed by atoms with Gasteiger partial charge in [-0.25, -0.2) is 18.0 Å². The van der Waals surface area contributed by atoms with Gasteiger partial charge in [0.15, 0.2) is 0 Å². The van der Waals surface area contributed by atoms with Gasteiger partial charge in [0.25, 0.3) is 0 Å². The molecule has 0 bridgehead atoms. The van der Waals surface area contributed by atoms with Crippen LogP contribution in [0.15, 0.2) is 36.4 Å². The van der Waals surface area contributed by atoms with Crippen LogP contribution in [0.4, 0.5) is 13.2 Å². The number of rotatable bonds is 4. The summed E-state index contributed by atoms with van der Waals surface area (Å²) in [7, 11) is 0. The molecule has 0 amide bonds. The van der Waals surface area contributed by atoms with Crippen LogP contribution in [-0.2, 0) is 6.61 Å². The Hall–Kier alpha value is -2.50. The van der Waals surface area contributed by atoms with Crippen LogP contribution in [0.2, 0.25) is 0 Å². The fraction of sp³-hybridized carbons (Fsp3) is 0.0714. The minimum Gasteiger partial charge on any atom is -0.489 e. The van der Waals surface area contributed by atoms with E-state index in [1.165, 1.54) is 12.1 Å². The number of hydrogen-bond acceptors (Lipinski definition) is 2. The van der Waals surface area contributed by atoms with E-state index in [0.29, 0.717) is 6.07 Å². The Kier molecular flexibility index (Phi) is 3.93. The first kappa shape index (κ1) is 13.9. The Morgan fingerprint density at radius 1 is 1.05 bits per heavy atom. The average molecular weight is 282 g/mol. The van der Waals surface area contributed by atoms with Crippen LogP contribution in [0.5, 0.6) is 5.75 Å². The van der Waals surface area contributed by atoms with Crippen molar-refractivity contribution in [2.75, 3.05) is 0 Å². The fourth-order valence-electron chi connectivity index (χ4n) is 1.57. The number of halogens is 3.